The average molecular weight is 389 g/mol. The van der Waals surface area contributed by atoms with Gasteiger partial charge in [-0.25, -0.2) is 0 Å². The third-order valence-corrected chi connectivity index (χ3v) is 5.66. The third-order valence-electron chi connectivity index (χ3n) is 4.97. The molecule has 0 fully saturated rings. The van der Waals surface area contributed by atoms with E-state index >= 15 is 0 Å². The van der Waals surface area contributed by atoms with Crippen LogP contribution in [0.1, 0.15) is 38.9 Å². The Bertz CT molecular complexity index is 1280. The maximum absolute atomic E-state index is 13.4. The third kappa shape index (κ3) is 2.40. The predicted molar refractivity (Wildman–Crippen MR) is 107 cm³/mol. The average Bonchev–Trinajstić information content (AvgIpc) is 3.30. The van der Waals surface area contributed by atoms with Crippen molar-refractivity contribution in [3.63, 3.8) is 0 Å². The monoisotopic (exact) mass is 389 g/mol. The molecule has 4 aromatic rings. The molecular weight excluding hydrogens is 374 g/mol. The Morgan fingerprint density at radius 1 is 1.04 bits per heavy atom. The molecule has 0 N–H and O–H groups in total. The van der Waals surface area contributed by atoms with Crippen LogP contribution in [0.3, 0.4) is 0 Å². The number of nitrogens with zero attached hydrogens (tertiary/aromatic N) is 3. The van der Waals surface area contributed by atoms with Gasteiger partial charge in [-0.15, -0.1) is 10.2 Å². The molecule has 1 aliphatic rings. The number of rotatable bonds is 2. The summed E-state index contributed by atoms with van der Waals surface area (Å²) in [5, 5.41) is 8.84. The minimum absolute atomic E-state index is 0.0714. The minimum Gasteiger partial charge on any atom is -0.450 e. The molecule has 28 heavy (non-hydrogen) atoms. The highest BCUT2D eigenvalue weighted by molar-refractivity contribution is 7.13. The van der Waals surface area contributed by atoms with Crippen LogP contribution >= 0.6 is 11.3 Å². The quantitative estimate of drug-likeness (QED) is 0.518. The van der Waals surface area contributed by atoms with Gasteiger partial charge in [-0.2, -0.15) is 0 Å². The lowest BCUT2D eigenvalue weighted by molar-refractivity contribution is 0.0970. The Morgan fingerprint density at radius 2 is 1.79 bits per heavy atom. The van der Waals surface area contributed by atoms with Gasteiger partial charge in [-0.3, -0.25) is 14.5 Å². The van der Waals surface area contributed by atoms with E-state index in [1.54, 1.807) is 17.6 Å². The smallest absolute Gasteiger partial charge is 0.297 e. The van der Waals surface area contributed by atoms with E-state index in [9.17, 15) is 9.59 Å². The van der Waals surface area contributed by atoms with Gasteiger partial charge in [-0.1, -0.05) is 52.8 Å². The number of benzene rings is 2. The number of hydrogen-bond donors (Lipinski definition) is 0. The molecule has 0 radical (unpaired) electrons. The zero-order valence-corrected chi connectivity index (χ0v) is 16.0. The molecule has 0 saturated carbocycles. The van der Waals surface area contributed by atoms with Gasteiger partial charge >= 0.3 is 0 Å². The fraction of sp³-hybridized carbons (Fsp3) is 0.143. The lowest BCUT2D eigenvalue weighted by atomic mass is 9.97. The molecule has 5 rings (SSSR count). The second-order valence-electron chi connectivity index (χ2n) is 6.88. The highest BCUT2D eigenvalue weighted by Crippen LogP contribution is 2.41. The topological polar surface area (TPSA) is 76.3 Å². The lowest BCUT2D eigenvalue weighted by Crippen LogP contribution is -2.29. The molecule has 1 amide bonds. The summed E-state index contributed by atoms with van der Waals surface area (Å²) in [6, 6.07) is 12.6. The van der Waals surface area contributed by atoms with Crippen molar-refractivity contribution in [3.8, 4) is 0 Å². The van der Waals surface area contributed by atoms with Crippen LogP contribution in [0.25, 0.3) is 11.0 Å². The van der Waals surface area contributed by atoms with Crippen LogP contribution in [-0.2, 0) is 0 Å². The molecule has 0 unspecified atom stereocenters. The van der Waals surface area contributed by atoms with Crippen LogP contribution in [-0.4, -0.2) is 16.1 Å². The van der Waals surface area contributed by atoms with Gasteiger partial charge in [0.2, 0.25) is 10.9 Å². The van der Waals surface area contributed by atoms with Gasteiger partial charge in [0.1, 0.15) is 11.1 Å². The van der Waals surface area contributed by atoms with Crippen molar-refractivity contribution < 1.29 is 9.21 Å². The van der Waals surface area contributed by atoms with Crippen molar-refractivity contribution in [2.75, 3.05) is 4.90 Å². The zero-order valence-electron chi connectivity index (χ0n) is 15.2. The first kappa shape index (κ1) is 16.8. The number of carbonyl (C=O) groups is 1. The van der Waals surface area contributed by atoms with Gasteiger partial charge in [0.15, 0.2) is 5.43 Å². The number of anilines is 1. The lowest BCUT2D eigenvalue weighted by Gasteiger charge is -2.22. The number of aromatic nitrogens is 2. The van der Waals surface area contributed by atoms with Gasteiger partial charge in [0, 0.05) is 0 Å². The fourth-order valence-corrected chi connectivity index (χ4v) is 4.21. The van der Waals surface area contributed by atoms with E-state index < -0.39 is 6.04 Å². The first-order valence-corrected chi connectivity index (χ1v) is 9.66. The SMILES string of the molecule is Cc1ccc([C@H]2c3c(oc4ccc(C)cc4c3=O)C(=O)N2c2nncs2)cc1. The van der Waals surface area contributed by atoms with Gasteiger partial charge < -0.3 is 4.42 Å². The Hall–Kier alpha value is -3.32. The van der Waals surface area contributed by atoms with E-state index in [4.69, 9.17) is 4.42 Å². The van der Waals surface area contributed by atoms with Crippen LogP contribution in [0.2, 0.25) is 0 Å². The normalized spacial score (nSPS) is 16.0. The van der Waals surface area contributed by atoms with Crippen molar-refractivity contribution in [2.24, 2.45) is 0 Å². The van der Waals surface area contributed by atoms with Crippen molar-refractivity contribution in [1.29, 1.82) is 0 Å². The molecule has 7 heteroatoms. The molecule has 0 saturated heterocycles. The molecule has 3 heterocycles. The van der Waals surface area contributed by atoms with E-state index in [0.717, 1.165) is 16.7 Å². The summed E-state index contributed by atoms with van der Waals surface area (Å²) in [6.07, 6.45) is 0. The standard InChI is InChI=1S/C21H15N3O3S/c1-11-3-6-13(7-4-11)17-16-18(25)14-9-12(2)5-8-15(14)27-19(16)20(26)24(17)21-23-22-10-28-21/h3-10,17H,1-2H3/t17-/m0/s1. The van der Waals surface area contributed by atoms with E-state index in [2.05, 4.69) is 10.2 Å². The number of aryl methyl sites for hydroxylation is 2. The summed E-state index contributed by atoms with van der Waals surface area (Å²) < 4.78 is 5.92. The van der Waals surface area contributed by atoms with Gasteiger partial charge in [0.05, 0.1) is 17.0 Å². The summed E-state index contributed by atoms with van der Waals surface area (Å²) >= 11 is 1.25. The molecule has 6 nitrogen and oxygen atoms in total. The first-order valence-electron chi connectivity index (χ1n) is 8.78. The summed E-state index contributed by atoms with van der Waals surface area (Å²) in [4.78, 5) is 28.2. The van der Waals surface area contributed by atoms with Crippen LogP contribution < -0.4 is 10.3 Å². The maximum Gasteiger partial charge on any atom is 0.297 e. The number of amides is 1. The molecule has 138 valence electrons. The van der Waals surface area contributed by atoms with E-state index in [1.165, 1.54) is 16.2 Å². The molecule has 2 aromatic carbocycles. The highest BCUT2D eigenvalue weighted by atomic mass is 32.1. The molecule has 0 spiro atoms. The predicted octanol–water partition coefficient (Wildman–Crippen LogP) is 4.01. The van der Waals surface area contributed by atoms with Crippen molar-refractivity contribution in [3.05, 3.63) is 86.2 Å². The first-order chi connectivity index (χ1) is 13.5. The molecule has 0 bridgehead atoms. The zero-order chi connectivity index (χ0) is 19.4. The minimum atomic E-state index is -0.600. The highest BCUT2D eigenvalue weighted by Gasteiger charge is 2.44. The number of carbonyl (C=O) groups excluding carboxylic acids is 1. The second-order valence-corrected chi connectivity index (χ2v) is 7.69. The van der Waals surface area contributed by atoms with E-state index in [1.807, 2.05) is 44.2 Å². The molecule has 2 aromatic heterocycles. The fourth-order valence-electron chi connectivity index (χ4n) is 3.62. The molecule has 0 aliphatic carbocycles. The van der Waals surface area contributed by atoms with Gasteiger partial charge in [0.25, 0.3) is 5.91 Å². The van der Waals surface area contributed by atoms with Crippen molar-refractivity contribution in [2.45, 2.75) is 19.9 Å². The summed E-state index contributed by atoms with van der Waals surface area (Å²) in [5.74, 6) is -0.306. The summed E-state index contributed by atoms with van der Waals surface area (Å²) in [7, 11) is 0. The summed E-state index contributed by atoms with van der Waals surface area (Å²) in [5.41, 5.74) is 5.01. The van der Waals surface area contributed by atoms with Crippen LogP contribution in [0, 0.1) is 13.8 Å². The number of hydrogen-bond acceptors (Lipinski definition) is 6. The molecule has 1 atom stereocenters. The largest absolute Gasteiger partial charge is 0.450 e. The Balaban J connectivity index is 1.83. The van der Waals surface area contributed by atoms with Crippen LogP contribution in [0.15, 0.2) is 57.2 Å². The maximum atomic E-state index is 13.4. The van der Waals surface area contributed by atoms with Crippen molar-refractivity contribution in [1.82, 2.24) is 10.2 Å². The van der Waals surface area contributed by atoms with E-state index in [0.29, 0.717) is 21.7 Å². The molecule has 1 aliphatic heterocycles. The Kier molecular flexibility index (Phi) is 3.67. The van der Waals surface area contributed by atoms with Gasteiger partial charge in [-0.05, 0) is 31.5 Å². The second kappa shape index (κ2) is 6.10. The Labute approximate surface area is 164 Å². The van der Waals surface area contributed by atoms with E-state index in [-0.39, 0.29) is 17.1 Å². The molecular formula is C21H15N3O3S. The van der Waals surface area contributed by atoms with Crippen LogP contribution in [0.4, 0.5) is 5.13 Å². The van der Waals surface area contributed by atoms with Crippen LogP contribution in [0.5, 0.6) is 0 Å². The number of fused-ring (bicyclic) bond motifs is 2. The van der Waals surface area contributed by atoms with Crippen molar-refractivity contribution >= 4 is 33.3 Å². The summed E-state index contributed by atoms with van der Waals surface area (Å²) in [6.45, 7) is 3.91. The Morgan fingerprint density at radius 3 is 2.50 bits per heavy atom.